The topological polar surface area (TPSA) is 71.0 Å². The highest BCUT2D eigenvalue weighted by atomic mass is 16.2. The molecule has 1 aliphatic heterocycles. The van der Waals surface area contributed by atoms with Gasteiger partial charge in [-0.25, -0.2) is 9.97 Å². The highest BCUT2D eigenvalue weighted by Gasteiger charge is 2.30. The van der Waals surface area contributed by atoms with Crippen molar-refractivity contribution in [3.05, 3.63) is 52.6 Å². The van der Waals surface area contributed by atoms with Crippen molar-refractivity contribution in [2.24, 2.45) is 5.92 Å². The molecule has 2 aromatic rings. The summed E-state index contributed by atoms with van der Waals surface area (Å²) in [7, 11) is 0. The molecule has 0 spiro atoms. The second-order valence-electron chi connectivity index (χ2n) is 9.17. The third-order valence-electron chi connectivity index (χ3n) is 6.75. The summed E-state index contributed by atoms with van der Waals surface area (Å²) in [5, 5.41) is 3.24. The lowest BCUT2D eigenvalue weighted by Gasteiger charge is -2.35. The molecule has 1 amide bonds. The maximum absolute atomic E-state index is 13.0. The van der Waals surface area contributed by atoms with Gasteiger partial charge in [0.25, 0.3) is 0 Å². The summed E-state index contributed by atoms with van der Waals surface area (Å²) in [6.45, 7) is 9.97. The van der Waals surface area contributed by atoms with E-state index >= 15 is 0 Å². The molecule has 1 atom stereocenters. The first-order chi connectivity index (χ1) is 14.9. The summed E-state index contributed by atoms with van der Waals surface area (Å²) < 4.78 is 0. The summed E-state index contributed by atoms with van der Waals surface area (Å²) >= 11 is 0. The molecule has 1 unspecified atom stereocenters. The monoisotopic (exact) mass is 419 g/mol. The van der Waals surface area contributed by atoms with Crippen molar-refractivity contribution in [2.75, 3.05) is 18.4 Å². The highest BCUT2D eigenvalue weighted by molar-refractivity contribution is 5.79. The van der Waals surface area contributed by atoms with E-state index in [4.69, 9.17) is 4.98 Å². The van der Waals surface area contributed by atoms with Gasteiger partial charge in [-0.2, -0.15) is 0 Å². The average Bonchev–Trinajstić information content (AvgIpc) is 2.75. The van der Waals surface area contributed by atoms with Crippen LogP contribution in [0.2, 0.25) is 0 Å². The van der Waals surface area contributed by atoms with Crippen LogP contribution >= 0.6 is 0 Å². The SMILES string of the molecule is CC1=C(C)CC(C(=O)N2CCC(c3ccc(Nc4nc(C)cc(C)n4)cn3)CC2)CC1. The van der Waals surface area contributed by atoms with Gasteiger partial charge in [0.15, 0.2) is 0 Å². The van der Waals surface area contributed by atoms with E-state index in [0.29, 0.717) is 17.8 Å². The molecule has 2 aliphatic rings. The van der Waals surface area contributed by atoms with Gasteiger partial charge in [0.2, 0.25) is 11.9 Å². The maximum Gasteiger partial charge on any atom is 0.227 e. The van der Waals surface area contributed by atoms with Gasteiger partial charge in [-0.15, -0.1) is 0 Å². The number of hydrogen-bond acceptors (Lipinski definition) is 5. The minimum Gasteiger partial charge on any atom is -0.342 e. The number of anilines is 2. The van der Waals surface area contributed by atoms with Crippen LogP contribution in [0.15, 0.2) is 35.5 Å². The van der Waals surface area contributed by atoms with Crippen LogP contribution in [0.5, 0.6) is 0 Å². The molecule has 31 heavy (non-hydrogen) atoms. The van der Waals surface area contributed by atoms with Crippen LogP contribution in [0.1, 0.15) is 69.0 Å². The Hall–Kier alpha value is -2.76. The van der Waals surface area contributed by atoms with Gasteiger partial charge < -0.3 is 10.2 Å². The van der Waals surface area contributed by atoms with Crippen LogP contribution < -0.4 is 5.32 Å². The second-order valence-corrected chi connectivity index (χ2v) is 9.17. The van der Waals surface area contributed by atoms with Crippen molar-refractivity contribution < 1.29 is 4.79 Å². The lowest BCUT2D eigenvalue weighted by molar-refractivity contribution is -0.137. The Morgan fingerprint density at radius 3 is 2.32 bits per heavy atom. The van der Waals surface area contributed by atoms with E-state index in [-0.39, 0.29) is 5.92 Å². The number of nitrogens with one attached hydrogen (secondary N) is 1. The largest absolute Gasteiger partial charge is 0.342 e. The smallest absolute Gasteiger partial charge is 0.227 e. The number of aryl methyl sites for hydroxylation is 2. The van der Waals surface area contributed by atoms with Crippen molar-refractivity contribution >= 4 is 17.5 Å². The van der Waals surface area contributed by atoms with E-state index in [2.05, 4.69) is 40.1 Å². The number of piperidine rings is 1. The fourth-order valence-corrected chi connectivity index (χ4v) is 4.75. The Balaban J connectivity index is 1.32. The number of aromatic nitrogens is 3. The predicted molar refractivity (Wildman–Crippen MR) is 123 cm³/mol. The molecule has 1 aliphatic carbocycles. The number of pyridine rings is 1. The van der Waals surface area contributed by atoms with Crippen LogP contribution in [0.25, 0.3) is 0 Å². The number of rotatable bonds is 4. The van der Waals surface area contributed by atoms with E-state index < -0.39 is 0 Å². The average molecular weight is 420 g/mol. The Kier molecular flexibility index (Phi) is 6.35. The van der Waals surface area contributed by atoms with E-state index in [1.807, 2.05) is 32.2 Å². The molecule has 0 saturated carbocycles. The number of nitrogens with zero attached hydrogens (tertiary/aromatic N) is 4. The molecule has 6 nitrogen and oxygen atoms in total. The van der Waals surface area contributed by atoms with Crippen LogP contribution in [-0.4, -0.2) is 38.8 Å². The van der Waals surface area contributed by atoms with Crippen molar-refractivity contribution in [2.45, 2.75) is 65.7 Å². The van der Waals surface area contributed by atoms with Gasteiger partial charge in [0.1, 0.15) is 0 Å². The first-order valence-electron chi connectivity index (χ1n) is 11.4. The van der Waals surface area contributed by atoms with E-state index in [1.165, 1.54) is 11.1 Å². The second kappa shape index (κ2) is 9.16. The molecule has 4 rings (SSSR count). The molecule has 0 radical (unpaired) electrons. The van der Waals surface area contributed by atoms with E-state index in [1.54, 1.807) is 0 Å². The summed E-state index contributed by atoms with van der Waals surface area (Å²) in [5.41, 5.74) is 6.74. The molecule has 6 heteroatoms. The Morgan fingerprint density at radius 1 is 1.00 bits per heavy atom. The summed E-state index contributed by atoms with van der Waals surface area (Å²) in [6, 6.07) is 6.09. The Bertz CT molecular complexity index is 954. The van der Waals surface area contributed by atoms with Gasteiger partial charge in [-0.3, -0.25) is 9.78 Å². The summed E-state index contributed by atoms with van der Waals surface area (Å²) in [4.78, 5) is 28.6. The predicted octanol–water partition coefficient (Wildman–Crippen LogP) is 5.07. The zero-order valence-corrected chi connectivity index (χ0v) is 19.1. The lowest BCUT2D eigenvalue weighted by atomic mass is 9.83. The third kappa shape index (κ3) is 5.12. The summed E-state index contributed by atoms with van der Waals surface area (Å²) in [5.74, 6) is 1.54. The van der Waals surface area contributed by atoms with Crippen LogP contribution in [-0.2, 0) is 4.79 Å². The molecule has 0 aromatic carbocycles. The fraction of sp³-hybridized carbons (Fsp3) is 0.520. The van der Waals surface area contributed by atoms with Gasteiger partial charge in [0, 0.05) is 42.0 Å². The zero-order valence-electron chi connectivity index (χ0n) is 19.1. The molecule has 1 fully saturated rings. The van der Waals surface area contributed by atoms with Gasteiger partial charge in [-0.05, 0) is 78.0 Å². The van der Waals surface area contributed by atoms with Crippen molar-refractivity contribution in [1.82, 2.24) is 19.9 Å². The number of allylic oxidation sites excluding steroid dienone is 2. The molecular weight excluding hydrogens is 386 g/mol. The molecule has 1 saturated heterocycles. The van der Waals surface area contributed by atoms with Crippen LogP contribution in [0.4, 0.5) is 11.6 Å². The normalized spacial score (nSPS) is 20.1. The standard InChI is InChI=1S/C25H33N5O/c1-16-5-6-21(13-17(16)2)24(31)30-11-9-20(10-12-30)23-8-7-22(15-26-23)29-25-27-18(3)14-19(4)28-25/h7-8,14-15,20-21H,5-6,9-13H2,1-4H3,(H,27,28,29). The quantitative estimate of drug-likeness (QED) is 0.700. The van der Waals surface area contributed by atoms with Gasteiger partial charge >= 0.3 is 0 Å². The van der Waals surface area contributed by atoms with Gasteiger partial charge in [-0.1, -0.05) is 11.1 Å². The fourth-order valence-electron chi connectivity index (χ4n) is 4.75. The minimum atomic E-state index is 0.177. The molecule has 164 valence electrons. The third-order valence-corrected chi connectivity index (χ3v) is 6.75. The lowest BCUT2D eigenvalue weighted by Crippen LogP contribution is -2.42. The number of likely N-dealkylation sites (tertiary alicyclic amines) is 1. The number of hydrogen-bond donors (Lipinski definition) is 1. The Labute approximate surface area is 185 Å². The van der Waals surface area contributed by atoms with Crippen molar-refractivity contribution in [3.63, 3.8) is 0 Å². The number of carbonyl (C=O) groups is 1. The maximum atomic E-state index is 13.0. The van der Waals surface area contributed by atoms with Crippen molar-refractivity contribution in [3.8, 4) is 0 Å². The molecule has 3 heterocycles. The van der Waals surface area contributed by atoms with E-state index in [9.17, 15) is 4.79 Å². The van der Waals surface area contributed by atoms with Crippen molar-refractivity contribution in [1.29, 1.82) is 0 Å². The van der Waals surface area contributed by atoms with Crippen LogP contribution in [0, 0.1) is 19.8 Å². The number of carbonyl (C=O) groups excluding carboxylic acids is 1. The van der Waals surface area contributed by atoms with Crippen LogP contribution in [0.3, 0.4) is 0 Å². The first-order valence-corrected chi connectivity index (χ1v) is 11.4. The molecule has 0 bridgehead atoms. The zero-order chi connectivity index (χ0) is 22.0. The van der Waals surface area contributed by atoms with Gasteiger partial charge in [0.05, 0.1) is 11.9 Å². The first kappa shape index (κ1) is 21.5. The minimum absolute atomic E-state index is 0.177. The Morgan fingerprint density at radius 2 is 1.71 bits per heavy atom. The highest BCUT2D eigenvalue weighted by Crippen LogP contribution is 2.33. The number of amides is 1. The molecule has 1 N–H and O–H groups in total. The molecule has 2 aromatic heterocycles. The molecular formula is C25H33N5O. The summed E-state index contributed by atoms with van der Waals surface area (Å²) in [6.07, 6.45) is 6.81. The van der Waals surface area contributed by atoms with E-state index in [0.717, 1.165) is 68.0 Å².